The van der Waals surface area contributed by atoms with Gasteiger partial charge in [-0.3, -0.25) is 15.0 Å². The third-order valence-corrected chi connectivity index (χ3v) is 5.56. The number of halogens is 1. The van der Waals surface area contributed by atoms with Crippen molar-refractivity contribution >= 4 is 40.0 Å². The van der Waals surface area contributed by atoms with Gasteiger partial charge in [-0.25, -0.2) is 14.2 Å². The molecular formula is C20H17AcFN5O3S-. The van der Waals surface area contributed by atoms with E-state index in [1.54, 1.807) is 0 Å². The SMILES string of the molecule is [Ac].[NH-]C[C@H]1CN(c2ccc(C(=O)Nc3nc(N)c(-c4ccccc4)s3)c(F)c2)C(=O)O1. The van der Waals surface area contributed by atoms with E-state index in [9.17, 15) is 14.0 Å². The number of thiazole rings is 1. The fourth-order valence-electron chi connectivity index (χ4n) is 3.04. The number of nitrogens with two attached hydrogens (primary N) is 1. The van der Waals surface area contributed by atoms with Crippen LogP contribution in [0.25, 0.3) is 16.2 Å². The first kappa shape index (κ1) is 23.6. The van der Waals surface area contributed by atoms with Crippen molar-refractivity contribution in [1.29, 1.82) is 0 Å². The second-order valence-electron chi connectivity index (χ2n) is 6.54. The molecule has 11 heteroatoms. The number of rotatable bonds is 5. The second kappa shape index (κ2) is 10.0. The minimum Gasteiger partial charge on any atom is -0.674 e. The third-order valence-electron chi connectivity index (χ3n) is 4.52. The minimum atomic E-state index is -0.792. The van der Waals surface area contributed by atoms with Gasteiger partial charge in [-0.1, -0.05) is 41.7 Å². The van der Waals surface area contributed by atoms with E-state index in [1.807, 2.05) is 30.3 Å². The standard InChI is InChI=1S/C20H17FN5O3S.Ac/c21-15-8-12(26-10-13(9-22)29-20(26)28)6-7-14(15)18(27)25-19-24-17(23)16(30-19)11-4-2-1-3-5-11;/h1-8,13,22H,9-10,23H2,(H,24,25,27);/q-1;/t13-;/m0./s1. The van der Waals surface area contributed by atoms with Crippen LogP contribution >= 0.6 is 11.3 Å². The zero-order valence-corrected chi connectivity index (χ0v) is 21.7. The molecule has 0 spiro atoms. The molecule has 2 aromatic carbocycles. The van der Waals surface area contributed by atoms with Crippen molar-refractivity contribution < 1.29 is 62.8 Å². The van der Waals surface area contributed by atoms with Crippen molar-refractivity contribution in [2.75, 3.05) is 29.0 Å². The summed E-state index contributed by atoms with van der Waals surface area (Å²) >= 11 is 1.19. The molecule has 2 heterocycles. The van der Waals surface area contributed by atoms with Crippen LogP contribution in [-0.4, -0.2) is 36.2 Å². The molecule has 1 aromatic heterocycles. The van der Waals surface area contributed by atoms with E-state index < -0.39 is 23.9 Å². The summed E-state index contributed by atoms with van der Waals surface area (Å²) in [7, 11) is 0. The molecule has 0 unspecified atom stereocenters. The first-order valence-electron chi connectivity index (χ1n) is 9.01. The number of hydrogen-bond acceptors (Lipinski definition) is 6. The van der Waals surface area contributed by atoms with Crippen LogP contribution in [-0.2, 0) is 4.74 Å². The van der Waals surface area contributed by atoms with Crippen LogP contribution in [0.1, 0.15) is 10.4 Å². The maximum Gasteiger partial charge on any atom is 0.414 e. The monoisotopic (exact) mass is 653 g/mol. The van der Waals surface area contributed by atoms with Crippen LogP contribution in [0.4, 0.5) is 25.8 Å². The number of anilines is 3. The molecule has 0 saturated carbocycles. The van der Waals surface area contributed by atoms with E-state index in [-0.39, 0.29) is 79.4 Å². The van der Waals surface area contributed by atoms with Crippen molar-refractivity contribution in [3.05, 3.63) is 65.6 Å². The Labute approximate surface area is 217 Å². The number of nitrogen functional groups attached to an aromatic ring is 1. The first-order chi connectivity index (χ1) is 14.5. The average Bonchev–Trinajstić information content (AvgIpc) is 3.30. The van der Waals surface area contributed by atoms with Crippen molar-refractivity contribution in [3.63, 3.8) is 0 Å². The molecule has 1 fully saturated rings. The van der Waals surface area contributed by atoms with E-state index in [1.165, 1.54) is 28.4 Å². The van der Waals surface area contributed by atoms with Gasteiger partial charge in [-0.2, -0.15) is 0 Å². The quantitative estimate of drug-likeness (QED) is 0.429. The predicted octanol–water partition coefficient (Wildman–Crippen LogP) is 4.16. The Morgan fingerprint density at radius 3 is 2.71 bits per heavy atom. The number of nitrogens with zero attached hydrogens (tertiary/aromatic N) is 2. The van der Waals surface area contributed by atoms with E-state index in [0.717, 1.165) is 11.6 Å². The second-order valence-corrected chi connectivity index (χ2v) is 7.54. The largest absolute Gasteiger partial charge is 0.674 e. The maximum atomic E-state index is 14.6. The molecule has 3 aromatic rings. The van der Waals surface area contributed by atoms with Crippen molar-refractivity contribution in [2.24, 2.45) is 0 Å². The Balaban J connectivity index is 0.00000272. The van der Waals surface area contributed by atoms with Gasteiger partial charge in [0.15, 0.2) is 5.13 Å². The van der Waals surface area contributed by atoms with Gasteiger partial charge in [0.05, 0.1) is 22.7 Å². The molecule has 4 N–H and O–H groups in total. The van der Waals surface area contributed by atoms with Crippen LogP contribution in [0.2, 0.25) is 0 Å². The minimum absolute atomic E-state index is 0. The molecule has 1 aliphatic heterocycles. The smallest absolute Gasteiger partial charge is 0.414 e. The molecule has 1 atom stereocenters. The summed E-state index contributed by atoms with van der Waals surface area (Å²) in [5, 5.41) is 2.81. The molecule has 1 aliphatic rings. The van der Waals surface area contributed by atoms with Gasteiger partial charge < -0.3 is 16.2 Å². The zero-order chi connectivity index (χ0) is 21.3. The number of hydrogen-bond donors (Lipinski definition) is 2. The van der Waals surface area contributed by atoms with E-state index in [0.29, 0.717) is 4.88 Å². The molecule has 0 bridgehead atoms. The Morgan fingerprint density at radius 1 is 1.32 bits per heavy atom. The molecule has 0 aliphatic carbocycles. The Kier molecular flexibility index (Phi) is 7.64. The van der Waals surface area contributed by atoms with Crippen molar-refractivity contribution in [2.45, 2.75) is 6.10 Å². The van der Waals surface area contributed by atoms with E-state index in [4.69, 9.17) is 16.2 Å². The van der Waals surface area contributed by atoms with Gasteiger partial charge in [-0.05, 0) is 23.8 Å². The number of carbonyl (C=O) groups excluding carboxylic acids is 2. The summed E-state index contributed by atoms with van der Waals surface area (Å²) in [4.78, 5) is 30.5. The van der Waals surface area contributed by atoms with Gasteiger partial charge in [0.25, 0.3) is 5.91 Å². The molecule has 157 valence electrons. The number of ether oxygens (including phenoxy) is 1. The van der Waals surface area contributed by atoms with Crippen molar-refractivity contribution in [1.82, 2.24) is 4.98 Å². The summed E-state index contributed by atoms with van der Waals surface area (Å²) in [6.07, 6.45) is -1.20. The van der Waals surface area contributed by atoms with Crippen LogP contribution in [0.5, 0.6) is 0 Å². The Hall–Kier alpha value is -2.06. The maximum absolute atomic E-state index is 14.6. The zero-order valence-electron chi connectivity index (χ0n) is 16.2. The number of cyclic esters (lactones) is 1. The fraction of sp³-hybridized carbons (Fsp3) is 0.150. The molecule has 2 amide bonds. The number of amides is 2. The van der Waals surface area contributed by atoms with Gasteiger partial charge in [-0.15, -0.1) is 6.54 Å². The first-order valence-corrected chi connectivity index (χ1v) is 9.83. The van der Waals surface area contributed by atoms with Crippen LogP contribution in [0.15, 0.2) is 48.5 Å². The molecule has 4 rings (SSSR count). The summed E-state index contributed by atoms with van der Waals surface area (Å²) in [6.45, 7) is 0.0844. The summed E-state index contributed by atoms with van der Waals surface area (Å²) in [5.41, 5.74) is 14.2. The van der Waals surface area contributed by atoms with E-state index >= 15 is 0 Å². The number of benzene rings is 2. The van der Waals surface area contributed by atoms with Crippen LogP contribution in [0.3, 0.4) is 0 Å². The third kappa shape index (κ3) is 5.06. The normalized spacial score (nSPS) is 15.4. The van der Waals surface area contributed by atoms with Crippen LogP contribution < -0.4 is 16.0 Å². The van der Waals surface area contributed by atoms with Gasteiger partial charge in [0.1, 0.15) is 17.7 Å². The summed E-state index contributed by atoms with van der Waals surface area (Å²) < 4.78 is 19.6. The molecule has 1 saturated heterocycles. The predicted molar refractivity (Wildman–Crippen MR) is 113 cm³/mol. The molecule has 8 nitrogen and oxygen atoms in total. The topological polar surface area (TPSA) is 121 Å². The average molecular weight is 653 g/mol. The van der Waals surface area contributed by atoms with Gasteiger partial charge >= 0.3 is 6.09 Å². The Bertz CT molecular complexity index is 1110. The van der Waals surface area contributed by atoms with Gasteiger partial charge in [0, 0.05) is 44.1 Å². The summed E-state index contributed by atoms with van der Waals surface area (Å²) in [6, 6.07) is 13.2. The van der Waals surface area contributed by atoms with Crippen molar-refractivity contribution in [3.8, 4) is 10.4 Å². The molecule has 31 heavy (non-hydrogen) atoms. The number of nitrogens with one attached hydrogen (secondary N) is 2. The van der Waals surface area contributed by atoms with Crippen LogP contribution in [0, 0.1) is 49.9 Å². The molecule has 1 radical (unpaired) electrons. The molecular weight excluding hydrogens is 636 g/mol. The summed E-state index contributed by atoms with van der Waals surface area (Å²) in [5.74, 6) is -1.20. The van der Waals surface area contributed by atoms with E-state index in [2.05, 4.69) is 10.3 Å². The number of carbonyl (C=O) groups is 2. The fourth-order valence-corrected chi connectivity index (χ4v) is 3.93. The van der Waals surface area contributed by atoms with Gasteiger partial charge in [0.2, 0.25) is 0 Å². The number of aromatic nitrogens is 1. The Morgan fingerprint density at radius 2 is 2.06 bits per heavy atom.